The third-order valence-corrected chi connectivity index (χ3v) is 3.74. The zero-order chi connectivity index (χ0) is 13.8. The molecule has 1 saturated heterocycles. The molecule has 1 aromatic carbocycles. The Morgan fingerprint density at radius 1 is 1.00 bits per heavy atom. The lowest BCUT2D eigenvalue weighted by Gasteiger charge is -2.19. The minimum Gasteiger partial charge on any atom is -0.339 e. The highest BCUT2D eigenvalue weighted by Crippen LogP contribution is 2.14. The number of rotatable bonds is 2. The molecule has 20 heavy (non-hydrogen) atoms. The van der Waals surface area contributed by atoms with Gasteiger partial charge in [0.1, 0.15) is 0 Å². The summed E-state index contributed by atoms with van der Waals surface area (Å²) in [7, 11) is 0. The van der Waals surface area contributed by atoms with Crippen LogP contribution in [0.25, 0.3) is 5.69 Å². The number of hydrogen-bond donors (Lipinski definition) is 0. The van der Waals surface area contributed by atoms with Crippen molar-refractivity contribution in [2.45, 2.75) is 25.7 Å². The van der Waals surface area contributed by atoms with Gasteiger partial charge in [-0.2, -0.15) is 5.10 Å². The van der Waals surface area contributed by atoms with Crippen LogP contribution in [0.3, 0.4) is 0 Å². The Balaban J connectivity index is 1.77. The van der Waals surface area contributed by atoms with E-state index in [0.717, 1.165) is 31.6 Å². The highest BCUT2D eigenvalue weighted by Gasteiger charge is 2.18. The van der Waals surface area contributed by atoms with Crippen LogP contribution in [-0.2, 0) is 0 Å². The van der Waals surface area contributed by atoms with Crippen LogP contribution in [0.2, 0.25) is 0 Å². The summed E-state index contributed by atoms with van der Waals surface area (Å²) in [6.45, 7) is 1.74. The maximum absolute atomic E-state index is 12.5. The molecule has 1 aromatic heterocycles. The molecular weight excluding hydrogens is 250 g/mol. The fourth-order valence-corrected chi connectivity index (χ4v) is 2.61. The van der Waals surface area contributed by atoms with Crippen molar-refractivity contribution < 1.29 is 4.79 Å². The van der Waals surface area contributed by atoms with E-state index in [-0.39, 0.29) is 5.91 Å². The van der Waals surface area contributed by atoms with Crippen LogP contribution in [0.15, 0.2) is 42.7 Å². The second-order valence-electron chi connectivity index (χ2n) is 5.22. The van der Waals surface area contributed by atoms with Gasteiger partial charge in [0.15, 0.2) is 0 Å². The predicted octanol–water partition coefficient (Wildman–Crippen LogP) is 2.89. The third kappa shape index (κ3) is 2.74. The molecule has 1 aliphatic rings. The van der Waals surface area contributed by atoms with Crippen LogP contribution < -0.4 is 0 Å². The molecule has 0 spiro atoms. The molecule has 4 nitrogen and oxygen atoms in total. The first kappa shape index (κ1) is 12.9. The van der Waals surface area contributed by atoms with Crippen LogP contribution in [0.1, 0.15) is 36.0 Å². The molecule has 0 radical (unpaired) electrons. The first-order valence-electron chi connectivity index (χ1n) is 7.24. The molecule has 1 fully saturated rings. The highest BCUT2D eigenvalue weighted by molar-refractivity contribution is 5.93. The van der Waals surface area contributed by atoms with Crippen molar-refractivity contribution in [3.8, 4) is 5.69 Å². The van der Waals surface area contributed by atoms with Crippen LogP contribution in [0.5, 0.6) is 0 Å². The van der Waals surface area contributed by atoms with Crippen LogP contribution in [0.4, 0.5) is 0 Å². The van der Waals surface area contributed by atoms with Crippen LogP contribution >= 0.6 is 0 Å². The average molecular weight is 269 g/mol. The number of benzene rings is 1. The minimum atomic E-state index is 0.106. The van der Waals surface area contributed by atoms with Gasteiger partial charge in [0, 0.05) is 19.3 Å². The molecule has 1 amide bonds. The van der Waals surface area contributed by atoms with Gasteiger partial charge in [0.2, 0.25) is 0 Å². The second-order valence-corrected chi connectivity index (χ2v) is 5.22. The van der Waals surface area contributed by atoms with E-state index in [9.17, 15) is 4.79 Å². The van der Waals surface area contributed by atoms with Gasteiger partial charge < -0.3 is 4.90 Å². The van der Waals surface area contributed by atoms with Gasteiger partial charge in [0.25, 0.3) is 5.91 Å². The predicted molar refractivity (Wildman–Crippen MR) is 77.9 cm³/mol. The summed E-state index contributed by atoms with van der Waals surface area (Å²) in [5.41, 5.74) is 1.65. The van der Waals surface area contributed by atoms with Crippen molar-refractivity contribution in [2.24, 2.45) is 0 Å². The van der Waals surface area contributed by atoms with E-state index in [4.69, 9.17) is 0 Å². The van der Waals surface area contributed by atoms with E-state index in [1.54, 1.807) is 10.9 Å². The largest absolute Gasteiger partial charge is 0.339 e. The van der Waals surface area contributed by atoms with Gasteiger partial charge >= 0.3 is 0 Å². The van der Waals surface area contributed by atoms with Crippen LogP contribution in [-0.4, -0.2) is 33.7 Å². The molecule has 2 heterocycles. The molecule has 0 unspecified atom stereocenters. The number of likely N-dealkylation sites (tertiary alicyclic amines) is 1. The van der Waals surface area contributed by atoms with Gasteiger partial charge in [-0.3, -0.25) is 4.79 Å². The molecule has 0 bridgehead atoms. The molecule has 1 aliphatic heterocycles. The van der Waals surface area contributed by atoms with Crippen molar-refractivity contribution in [1.29, 1.82) is 0 Å². The Hall–Kier alpha value is -2.10. The molecule has 4 heteroatoms. The van der Waals surface area contributed by atoms with E-state index < -0.39 is 0 Å². The van der Waals surface area contributed by atoms with E-state index in [1.807, 2.05) is 41.4 Å². The van der Waals surface area contributed by atoms with Gasteiger partial charge in [-0.25, -0.2) is 4.68 Å². The summed E-state index contributed by atoms with van der Waals surface area (Å²) < 4.78 is 1.76. The van der Waals surface area contributed by atoms with Crippen molar-refractivity contribution in [3.05, 3.63) is 48.3 Å². The fourth-order valence-electron chi connectivity index (χ4n) is 2.61. The SMILES string of the molecule is O=C(c1cnn(-c2ccccc2)c1)N1CCCCCC1. The summed E-state index contributed by atoms with van der Waals surface area (Å²) in [4.78, 5) is 14.4. The number of aromatic nitrogens is 2. The summed E-state index contributed by atoms with van der Waals surface area (Å²) in [6.07, 6.45) is 8.17. The Kier molecular flexibility index (Phi) is 3.81. The normalized spacial score (nSPS) is 15.9. The maximum atomic E-state index is 12.5. The first-order valence-corrected chi connectivity index (χ1v) is 7.24. The van der Waals surface area contributed by atoms with Gasteiger partial charge in [-0.05, 0) is 25.0 Å². The standard InChI is InChI=1S/C16H19N3O/c20-16(18-10-6-1-2-7-11-18)14-12-17-19(13-14)15-8-4-3-5-9-15/h3-5,8-9,12-13H,1-2,6-7,10-11H2. The number of hydrogen-bond acceptors (Lipinski definition) is 2. The monoisotopic (exact) mass is 269 g/mol. The number of amides is 1. The third-order valence-electron chi connectivity index (χ3n) is 3.74. The highest BCUT2D eigenvalue weighted by atomic mass is 16.2. The van der Waals surface area contributed by atoms with Gasteiger partial charge in [-0.15, -0.1) is 0 Å². The van der Waals surface area contributed by atoms with Gasteiger partial charge in [0.05, 0.1) is 17.4 Å². The molecule has 0 aliphatic carbocycles. The fraction of sp³-hybridized carbons (Fsp3) is 0.375. The molecule has 104 valence electrons. The topological polar surface area (TPSA) is 38.1 Å². The first-order chi connectivity index (χ1) is 9.84. The zero-order valence-electron chi connectivity index (χ0n) is 11.5. The molecule has 0 N–H and O–H groups in total. The van der Waals surface area contributed by atoms with E-state index in [0.29, 0.717) is 5.56 Å². The lowest BCUT2D eigenvalue weighted by atomic mass is 10.2. The van der Waals surface area contributed by atoms with E-state index >= 15 is 0 Å². The number of nitrogens with zero attached hydrogens (tertiary/aromatic N) is 3. The number of para-hydroxylation sites is 1. The quantitative estimate of drug-likeness (QED) is 0.840. The summed E-state index contributed by atoms with van der Waals surface area (Å²) >= 11 is 0. The van der Waals surface area contributed by atoms with Crippen molar-refractivity contribution in [3.63, 3.8) is 0 Å². The maximum Gasteiger partial charge on any atom is 0.257 e. The average Bonchev–Trinajstić information content (AvgIpc) is 2.83. The summed E-state index contributed by atoms with van der Waals surface area (Å²) in [6, 6.07) is 9.86. The van der Waals surface area contributed by atoms with Crippen molar-refractivity contribution in [1.82, 2.24) is 14.7 Å². The molecule has 3 rings (SSSR count). The Morgan fingerprint density at radius 3 is 2.40 bits per heavy atom. The molecular formula is C16H19N3O. The summed E-state index contributed by atoms with van der Waals surface area (Å²) in [5.74, 6) is 0.106. The summed E-state index contributed by atoms with van der Waals surface area (Å²) in [5, 5.41) is 4.29. The Labute approximate surface area is 119 Å². The van der Waals surface area contributed by atoms with Crippen molar-refractivity contribution in [2.75, 3.05) is 13.1 Å². The van der Waals surface area contributed by atoms with Crippen molar-refractivity contribution >= 4 is 5.91 Å². The lowest BCUT2D eigenvalue weighted by molar-refractivity contribution is 0.0761. The lowest BCUT2D eigenvalue weighted by Crippen LogP contribution is -2.31. The van der Waals surface area contributed by atoms with Gasteiger partial charge in [-0.1, -0.05) is 31.0 Å². The molecule has 0 saturated carbocycles. The smallest absolute Gasteiger partial charge is 0.257 e. The zero-order valence-corrected chi connectivity index (χ0v) is 11.5. The Morgan fingerprint density at radius 2 is 1.70 bits per heavy atom. The van der Waals surface area contributed by atoms with E-state index in [1.165, 1.54) is 12.8 Å². The molecule has 2 aromatic rings. The number of carbonyl (C=O) groups excluding carboxylic acids is 1. The van der Waals surface area contributed by atoms with Crippen LogP contribution in [0, 0.1) is 0 Å². The molecule has 0 atom stereocenters. The second kappa shape index (κ2) is 5.90. The minimum absolute atomic E-state index is 0.106. The Bertz CT molecular complexity index is 568. The van der Waals surface area contributed by atoms with E-state index in [2.05, 4.69) is 5.10 Å². The number of carbonyl (C=O) groups is 1.